The molecule has 0 radical (unpaired) electrons. The quantitative estimate of drug-likeness (QED) is 0.719. The van der Waals surface area contributed by atoms with Gasteiger partial charge in [0, 0.05) is 13.1 Å². The first-order valence-electron chi connectivity index (χ1n) is 7.29. The molecule has 2 rings (SSSR count). The molecule has 6 nitrogen and oxygen atoms in total. The van der Waals surface area contributed by atoms with Gasteiger partial charge in [0.1, 0.15) is 0 Å². The average molecular weight is 300 g/mol. The van der Waals surface area contributed by atoms with Gasteiger partial charge in [-0.05, 0) is 30.9 Å². The summed E-state index contributed by atoms with van der Waals surface area (Å²) < 4.78 is 5.77. The summed E-state index contributed by atoms with van der Waals surface area (Å²) in [6.45, 7) is 4.22. The van der Waals surface area contributed by atoms with Crippen LogP contribution in [0, 0.1) is 0 Å². The number of hydrogen-bond donors (Lipinski definition) is 2. The number of ether oxygens (including phenoxy) is 1. The van der Waals surface area contributed by atoms with E-state index in [0.29, 0.717) is 31.2 Å². The van der Waals surface area contributed by atoms with Gasteiger partial charge >= 0.3 is 0 Å². The molecule has 0 aliphatic heterocycles. The van der Waals surface area contributed by atoms with Gasteiger partial charge in [-0.25, -0.2) is 0 Å². The van der Waals surface area contributed by atoms with Crippen LogP contribution in [0.15, 0.2) is 0 Å². The molecule has 1 saturated carbocycles. The number of halogens is 1. The van der Waals surface area contributed by atoms with E-state index in [4.69, 9.17) is 16.3 Å². The predicted molar refractivity (Wildman–Crippen MR) is 80.3 cm³/mol. The molecule has 1 fully saturated rings. The molecule has 0 amide bonds. The van der Waals surface area contributed by atoms with Gasteiger partial charge in [0.2, 0.25) is 17.2 Å². The van der Waals surface area contributed by atoms with E-state index in [2.05, 4.69) is 32.5 Å². The number of anilines is 2. The Kier molecular flexibility index (Phi) is 6.26. The second-order valence-electron chi connectivity index (χ2n) is 4.88. The number of aromatic nitrogens is 3. The molecule has 0 atom stereocenters. The molecule has 112 valence electrons. The van der Waals surface area contributed by atoms with Gasteiger partial charge in [-0.2, -0.15) is 15.0 Å². The fourth-order valence-corrected chi connectivity index (χ4v) is 2.35. The summed E-state index contributed by atoms with van der Waals surface area (Å²) in [6, 6.07) is 0. The summed E-state index contributed by atoms with van der Waals surface area (Å²) >= 11 is 5.87. The van der Waals surface area contributed by atoms with Crippen LogP contribution in [0.4, 0.5) is 11.9 Å². The van der Waals surface area contributed by atoms with E-state index >= 15 is 0 Å². The van der Waals surface area contributed by atoms with E-state index in [1.807, 2.05) is 0 Å². The smallest absolute Gasteiger partial charge is 0.228 e. The zero-order chi connectivity index (χ0) is 14.2. The molecule has 1 aliphatic rings. The average Bonchev–Trinajstić information content (AvgIpc) is 2.94. The molecule has 1 aromatic heterocycles. The monoisotopic (exact) mass is 299 g/mol. The van der Waals surface area contributed by atoms with E-state index in [1.54, 1.807) is 0 Å². The van der Waals surface area contributed by atoms with Crippen molar-refractivity contribution in [3.8, 4) is 0 Å². The van der Waals surface area contributed by atoms with Crippen LogP contribution >= 0.6 is 11.6 Å². The van der Waals surface area contributed by atoms with Crippen molar-refractivity contribution in [3.63, 3.8) is 0 Å². The first-order valence-corrected chi connectivity index (χ1v) is 7.66. The summed E-state index contributed by atoms with van der Waals surface area (Å²) in [4.78, 5) is 12.3. The maximum atomic E-state index is 5.87. The summed E-state index contributed by atoms with van der Waals surface area (Å²) in [5, 5.41) is 6.40. The maximum Gasteiger partial charge on any atom is 0.228 e. The van der Waals surface area contributed by atoms with Crippen LogP contribution in [0.1, 0.15) is 39.0 Å². The zero-order valence-corrected chi connectivity index (χ0v) is 12.6. The largest absolute Gasteiger partial charge is 0.376 e. The molecule has 7 heteroatoms. The number of nitrogens with zero attached hydrogens (tertiary/aromatic N) is 3. The molecule has 0 spiro atoms. The molecular formula is C13H22ClN5O. The number of nitrogens with one attached hydrogen (secondary N) is 2. The summed E-state index contributed by atoms with van der Waals surface area (Å²) in [7, 11) is 0. The molecule has 20 heavy (non-hydrogen) atoms. The lowest BCUT2D eigenvalue weighted by molar-refractivity contribution is 0.0658. The van der Waals surface area contributed by atoms with Crippen molar-refractivity contribution in [3.05, 3.63) is 5.28 Å². The van der Waals surface area contributed by atoms with Crippen molar-refractivity contribution in [2.75, 3.05) is 30.3 Å². The highest BCUT2D eigenvalue weighted by Gasteiger charge is 2.14. The first-order chi connectivity index (χ1) is 9.78. The van der Waals surface area contributed by atoms with Crippen LogP contribution in [0.25, 0.3) is 0 Å². The topological polar surface area (TPSA) is 72.0 Å². The molecule has 0 aromatic carbocycles. The second-order valence-corrected chi connectivity index (χ2v) is 5.22. The van der Waals surface area contributed by atoms with Crippen LogP contribution < -0.4 is 10.6 Å². The Labute approximate surface area is 124 Å². The predicted octanol–water partition coefficient (Wildman–Crippen LogP) is 2.72. The first kappa shape index (κ1) is 15.3. The fourth-order valence-electron chi connectivity index (χ4n) is 2.19. The molecule has 1 heterocycles. The highest BCUT2D eigenvalue weighted by atomic mass is 35.5. The standard InChI is InChI=1S/C13H22ClN5O/c1-2-7-15-12-17-11(14)18-13(19-12)16-8-9-20-10-5-3-4-6-10/h10H,2-9H2,1H3,(H2,15,16,17,18,19). The van der Waals surface area contributed by atoms with Crippen molar-refractivity contribution in [1.29, 1.82) is 0 Å². The Morgan fingerprint density at radius 1 is 1.10 bits per heavy atom. The van der Waals surface area contributed by atoms with Crippen LogP contribution in [0.3, 0.4) is 0 Å². The Morgan fingerprint density at radius 2 is 1.75 bits per heavy atom. The molecule has 1 aromatic rings. The van der Waals surface area contributed by atoms with Crippen LogP contribution in [0.2, 0.25) is 5.28 Å². The Morgan fingerprint density at radius 3 is 2.40 bits per heavy atom. The van der Waals surface area contributed by atoms with Gasteiger partial charge in [-0.1, -0.05) is 19.8 Å². The lowest BCUT2D eigenvalue weighted by Crippen LogP contribution is -2.17. The minimum absolute atomic E-state index is 0.192. The molecular weight excluding hydrogens is 278 g/mol. The summed E-state index contributed by atoms with van der Waals surface area (Å²) in [5.74, 6) is 0.990. The highest BCUT2D eigenvalue weighted by Crippen LogP contribution is 2.20. The van der Waals surface area contributed by atoms with Gasteiger partial charge in [-0.15, -0.1) is 0 Å². The van der Waals surface area contributed by atoms with Crippen molar-refractivity contribution in [1.82, 2.24) is 15.0 Å². The third-order valence-corrected chi connectivity index (χ3v) is 3.35. The van der Waals surface area contributed by atoms with E-state index in [9.17, 15) is 0 Å². The van der Waals surface area contributed by atoms with Crippen LogP contribution in [-0.4, -0.2) is 40.8 Å². The lowest BCUT2D eigenvalue weighted by atomic mass is 10.3. The maximum absolute atomic E-state index is 5.87. The molecule has 0 unspecified atom stereocenters. The molecule has 0 bridgehead atoms. The fraction of sp³-hybridized carbons (Fsp3) is 0.769. The Bertz CT molecular complexity index is 412. The van der Waals surface area contributed by atoms with Crippen LogP contribution in [0.5, 0.6) is 0 Å². The molecule has 0 saturated heterocycles. The number of hydrogen-bond acceptors (Lipinski definition) is 6. The van der Waals surface area contributed by atoms with Crippen molar-refractivity contribution < 1.29 is 4.74 Å². The normalized spacial score (nSPS) is 15.5. The van der Waals surface area contributed by atoms with Crippen molar-refractivity contribution in [2.24, 2.45) is 0 Å². The zero-order valence-electron chi connectivity index (χ0n) is 11.9. The minimum Gasteiger partial charge on any atom is -0.376 e. The third-order valence-electron chi connectivity index (χ3n) is 3.18. The lowest BCUT2D eigenvalue weighted by Gasteiger charge is -2.11. The van der Waals surface area contributed by atoms with Gasteiger partial charge in [0.05, 0.1) is 12.7 Å². The van der Waals surface area contributed by atoms with Gasteiger partial charge in [-0.3, -0.25) is 0 Å². The van der Waals surface area contributed by atoms with Gasteiger partial charge in [0.25, 0.3) is 0 Å². The van der Waals surface area contributed by atoms with Crippen molar-refractivity contribution in [2.45, 2.75) is 45.1 Å². The highest BCUT2D eigenvalue weighted by molar-refractivity contribution is 6.28. The summed E-state index contributed by atoms with van der Waals surface area (Å²) in [5.41, 5.74) is 0. The van der Waals surface area contributed by atoms with E-state index in [1.165, 1.54) is 25.7 Å². The van der Waals surface area contributed by atoms with E-state index < -0.39 is 0 Å². The Hall–Kier alpha value is -1.14. The minimum atomic E-state index is 0.192. The van der Waals surface area contributed by atoms with E-state index in [0.717, 1.165) is 13.0 Å². The van der Waals surface area contributed by atoms with Gasteiger partial charge in [0.15, 0.2) is 0 Å². The molecule has 2 N–H and O–H groups in total. The second kappa shape index (κ2) is 8.21. The van der Waals surface area contributed by atoms with Gasteiger partial charge < -0.3 is 15.4 Å². The molecule has 1 aliphatic carbocycles. The third kappa shape index (κ3) is 5.09. The van der Waals surface area contributed by atoms with E-state index in [-0.39, 0.29) is 5.28 Å². The number of rotatable bonds is 8. The Balaban J connectivity index is 1.74. The summed E-state index contributed by atoms with van der Waals surface area (Å²) in [6.07, 6.45) is 6.37. The SMILES string of the molecule is CCCNc1nc(Cl)nc(NCCOC2CCCC2)n1. The van der Waals surface area contributed by atoms with Crippen LogP contribution in [-0.2, 0) is 4.74 Å². The van der Waals surface area contributed by atoms with Crippen molar-refractivity contribution >= 4 is 23.5 Å².